The van der Waals surface area contributed by atoms with Gasteiger partial charge in [-0.2, -0.15) is 0 Å². The molecule has 4 rings (SSSR count). The average Bonchev–Trinajstić information content (AvgIpc) is 3.27. The summed E-state index contributed by atoms with van der Waals surface area (Å²) in [5, 5.41) is 6.62. The van der Waals surface area contributed by atoms with E-state index < -0.39 is 0 Å². The van der Waals surface area contributed by atoms with Crippen LogP contribution in [0.1, 0.15) is 17.7 Å². The first-order chi connectivity index (χ1) is 14.2. The summed E-state index contributed by atoms with van der Waals surface area (Å²) in [7, 11) is 4.81. The SMILES string of the molecule is COc1cc2c(NC3CCN(Cc4cccs4)CC3)ncnc2c(OC)c1OC. The summed E-state index contributed by atoms with van der Waals surface area (Å²) in [5.41, 5.74) is 0.706. The molecule has 0 spiro atoms. The number of benzene rings is 1. The molecule has 2 aromatic heterocycles. The molecular weight excluding hydrogens is 388 g/mol. The fourth-order valence-electron chi connectivity index (χ4n) is 3.83. The smallest absolute Gasteiger partial charge is 0.205 e. The van der Waals surface area contributed by atoms with E-state index in [2.05, 4.69) is 37.7 Å². The van der Waals surface area contributed by atoms with E-state index in [9.17, 15) is 0 Å². The van der Waals surface area contributed by atoms with Gasteiger partial charge in [-0.15, -0.1) is 11.3 Å². The van der Waals surface area contributed by atoms with Crippen LogP contribution >= 0.6 is 11.3 Å². The Labute approximate surface area is 174 Å². The molecule has 0 bridgehead atoms. The number of likely N-dealkylation sites (tertiary alicyclic amines) is 1. The van der Waals surface area contributed by atoms with Gasteiger partial charge in [0.2, 0.25) is 5.75 Å². The third-order valence-electron chi connectivity index (χ3n) is 5.32. The van der Waals surface area contributed by atoms with Gasteiger partial charge in [0.15, 0.2) is 11.5 Å². The maximum atomic E-state index is 5.57. The second-order valence-electron chi connectivity index (χ2n) is 7.04. The number of nitrogens with one attached hydrogen (secondary N) is 1. The number of nitrogens with zero attached hydrogens (tertiary/aromatic N) is 3. The highest BCUT2D eigenvalue weighted by Crippen LogP contribution is 2.43. The van der Waals surface area contributed by atoms with E-state index in [-0.39, 0.29) is 0 Å². The first kappa shape index (κ1) is 19.7. The molecule has 0 saturated carbocycles. The highest BCUT2D eigenvalue weighted by Gasteiger charge is 2.23. The number of hydrogen-bond donors (Lipinski definition) is 1. The minimum atomic E-state index is 0.367. The predicted octanol–water partition coefficient (Wildman–Crippen LogP) is 3.79. The zero-order chi connectivity index (χ0) is 20.2. The van der Waals surface area contributed by atoms with Gasteiger partial charge < -0.3 is 19.5 Å². The summed E-state index contributed by atoms with van der Waals surface area (Å²) < 4.78 is 16.5. The maximum Gasteiger partial charge on any atom is 0.205 e. The van der Waals surface area contributed by atoms with E-state index in [1.54, 1.807) is 27.7 Å². The van der Waals surface area contributed by atoms with E-state index in [1.807, 2.05) is 17.4 Å². The Balaban J connectivity index is 1.52. The standard InChI is InChI=1S/C21H26N4O3S/c1-26-17-11-16-18(20(28-3)19(17)27-2)22-13-23-21(16)24-14-6-8-25(9-7-14)12-15-5-4-10-29-15/h4-5,10-11,13-14H,6-9,12H2,1-3H3,(H,22,23,24). The Morgan fingerprint density at radius 1 is 1.10 bits per heavy atom. The molecule has 1 aromatic carbocycles. The number of hydrogen-bond acceptors (Lipinski definition) is 8. The van der Waals surface area contributed by atoms with Crippen LogP contribution in [0.4, 0.5) is 5.82 Å². The molecule has 1 fully saturated rings. The Kier molecular flexibility index (Phi) is 6.01. The van der Waals surface area contributed by atoms with Gasteiger partial charge in [0, 0.05) is 30.6 Å². The normalized spacial score (nSPS) is 15.4. The zero-order valence-electron chi connectivity index (χ0n) is 17.0. The lowest BCUT2D eigenvalue weighted by Crippen LogP contribution is -2.38. The number of thiophene rings is 1. The van der Waals surface area contributed by atoms with Crippen molar-refractivity contribution in [2.45, 2.75) is 25.4 Å². The highest BCUT2D eigenvalue weighted by atomic mass is 32.1. The van der Waals surface area contributed by atoms with Crippen molar-refractivity contribution in [1.82, 2.24) is 14.9 Å². The van der Waals surface area contributed by atoms with Crippen LogP contribution in [0.5, 0.6) is 17.2 Å². The molecule has 3 heterocycles. The summed E-state index contributed by atoms with van der Waals surface area (Å²) >= 11 is 1.82. The third-order valence-corrected chi connectivity index (χ3v) is 6.18. The van der Waals surface area contributed by atoms with Gasteiger partial charge >= 0.3 is 0 Å². The molecule has 154 valence electrons. The molecule has 0 atom stereocenters. The summed E-state index contributed by atoms with van der Waals surface area (Å²) in [6.45, 7) is 3.17. The van der Waals surface area contributed by atoms with Crippen molar-refractivity contribution in [3.05, 3.63) is 34.8 Å². The van der Waals surface area contributed by atoms with Crippen molar-refractivity contribution in [3.8, 4) is 17.2 Å². The van der Waals surface area contributed by atoms with E-state index in [0.717, 1.165) is 43.7 Å². The monoisotopic (exact) mass is 414 g/mol. The van der Waals surface area contributed by atoms with Crippen LogP contribution < -0.4 is 19.5 Å². The molecule has 8 heteroatoms. The van der Waals surface area contributed by atoms with Gasteiger partial charge in [0.25, 0.3) is 0 Å². The maximum absolute atomic E-state index is 5.57. The Bertz CT molecular complexity index is 956. The topological polar surface area (TPSA) is 68.7 Å². The van der Waals surface area contributed by atoms with E-state index >= 15 is 0 Å². The molecule has 1 aliphatic rings. The second kappa shape index (κ2) is 8.84. The number of aromatic nitrogens is 2. The quantitative estimate of drug-likeness (QED) is 0.631. The molecular formula is C21H26N4O3S. The van der Waals surface area contributed by atoms with Crippen LogP contribution in [0, 0.1) is 0 Å². The number of anilines is 1. The summed E-state index contributed by atoms with van der Waals surface area (Å²) in [6, 6.07) is 6.60. The summed E-state index contributed by atoms with van der Waals surface area (Å²) in [5.74, 6) is 2.48. The van der Waals surface area contributed by atoms with Crippen LogP contribution in [-0.4, -0.2) is 55.3 Å². The lowest BCUT2D eigenvalue weighted by Gasteiger charge is -2.32. The van der Waals surface area contributed by atoms with Gasteiger partial charge in [-0.05, 0) is 30.4 Å². The zero-order valence-corrected chi connectivity index (χ0v) is 17.8. The first-order valence-electron chi connectivity index (χ1n) is 9.68. The van der Waals surface area contributed by atoms with Gasteiger partial charge in [0.05, 0.1) is 26.7 Å². The molecule has 1 aliphatic heterocycles. The number of piperidine rings is 1. The minimum Gasteiger partial charge on any atom is -0.493 e. The van der Waals surface area contributed by atoms with E-state index in [1.165, 1.54) is 4.88 Å². The van der Waals surface area contributed by atoms with Gasteiger partial charge in [-0.3, -0.25) is 4.90 Å². The fraction of sp³-hybridized carbons (Fsp3) is 0.429. The predicted molar refractivity (Wildman–Crippen MR) is 115 cm³/mol. The third kappa shape index (κ3) is 4.09. The second-order valence-corrected chi connectivity index (χ2v) is 8.07. The van der Waals surface area contributed by atoms with Crippen molar-refractivity contribution in [2.24, 2.45) is 0 Å². The van der Waals surface area contributed by atoms with Crippen LogP contribution in [-0.2, 0) is 6.54 Å². The molecule has 7 nitrogen and oxygen atoms in total. The number of methoxy groups -OCH3 is 3. The minimum absolute atomic E-state index is 0.367. The molecule has 0 aliphatic carbocycles. The van der Waals surface area contributed by atoms with Crippen molar-refractivity contribution < 1.29 is 14.2 Å². The Morgan fingerprint density at radius 3 is 2.55 bits per heavy atom. The van der Waals surface area contributed by atoms with Crippen LogP contribution in [0.2, 0.25) is 0 Å². The van der Waals surface area contributed by atoms with Gasteiger partial charge in [0.1, 0.15) is 17.7 Å². The van der Waals surface area contributed by atoms with Crippen molar-refractivity contribution in [3.63, 3.8) is 0 Å². The molecule has 3 aromatic rings. The van der Waals surface area contributed by atoms with Crippen molar-refractivity contribution in [1.29, 1.82) is 0 Å². The van der Waals surface area contributed by atoms with Crippen molar-refractivity contribution >= 4 is 28.1 Å². The Morgan fingerprint density at radius 2 is 1.90 bits per heavy atom. The molecule has 0 radical (unpaired) electrons. The molecule has 29 heavy (non-hydrogen) atoms. The number of ether oxygens (including phenoxy) is 3. The summed E-state index contributed by atoms with van der Waals surface area (Å²) in [4.78, 5) is 12.9. The fourth-order valence-corrected chi connectivity index (χ4v) is 4.58. The van der Waals surface area contributed by atoms with E-state index in [0.29, 0.717) is 28.8 Å². The number of fused-ring (bicyclic) bond motifs is 1. The lowest BCUT2D eigenvalue weighted by molar-refractivity contribution is 0.213. The van der Waals surface area contributed by atoms with Gasteiger partial charge in [-0.1, -0.05) is 6.07 Å². The van der Waals surface area contributed by atoms with Gasteiger partial charge in [-0.25, -0.2) is 9.97 Å². The average molecular weight is 415 g/mol. The van der Waals surface area contributed by atoms with Crippen LogP contribution in [0.15, 0.2) is 29.9 Å². The molecule has 1 N–H and O–H groups in total. The van der Waals surface area contributed by atoms with Crippen molar-refractivity contribution in [2.75, 3.05) is 39.7 Å². The van der Waals surface area contributed by atoms with Crippen LogP contribution in [0.25, 0.3) is 10.9 Å². The van der Waals surface area contributed by atoms with Crippen LogP contribution in [0.3, 0.4) is 0 Å². The molecule has 0 amide bonds. The largest absolute Gasteiger partial charge is 0.493 e. The molecule has 0 unspecified atom stereocenters. The number of rotatable bonds is 7. The Hall–Kier alpha value is -2.58. The molecule has 1 saturated heterocycles. The summed E-state index contributed by atoms with van der Waals surface area (Å²) in [6.07, 6.45) is 3.70. The highest BCUT2D eigenvalue weighted by molar-refractivity contribution is 7.09. The van der Waals surface area contributed by atoms with E-state index in [4.69, 9.17) is 14.2 Å². The first-order valence-corrected chi connectivity index (χ1v) is 10.6. The lowest BCUT2D eigenvalue weighted by atomic mass is 10.0.